The summed E-state index contributed by atoms with van der Waals surface area (Å²) in [4.78, 5) is 23.4. The molecule has 178 valence electrons. The van der Waals surface area contributed by atoms with Crippen molar-refractivity contribution in [3.63, 3.8) is 0 Å². The number of aromatic nitrogens is 2. The van der Waals surface area contributed by atoms with E-state index in [1.54, 1.807) is 18.3 Å². The molecule has 1 aromatic heterocycles. The maximum Gasteiger partial charge on any atom is 0.319 e. The van der Waals surface area contributed by atoms with Crippen LogP contribution in [0.1, 0.15) is 30.7 Å². The third kappa shape index (κ3) is 7.09. The van der Waals surface area contributed by atoms with Crippen LogP contribution >= 0.6 is 0 Å². The zero-order valence-corrected chi connectivity index (χ0v) is 19.6. The summed E-state index contributed by atoms with van der Waals surface area (Å²) in [6.45, 7) is 5.59. The van der Waals surface area contributed by atoms with Crippen molar-refractivity contribution in [1.82, 2.24) is 20.2 Å². The summed E-state index contributed by atoms with van der Waals surface area (Å²) >= 11 is 0. The topological polar surface area (TPSA) is 70.2 Å². The number of nitrogens with one attached hydrogen (secondary N) is 2. The number of aryl methyl sites for hydroxylation is 1. The molecule has 1 saturated heterocycles. The van der Waals surface area contributed by atoms with Gasteiger partial charge in [0.25, 0.3) is 0 Å². The molecule has 3 aromatic rings. The van der Waals surface area contributed by atoms with E-state index in [2.05, 4.69) is 25.5 Å². The lowest BCUT2D eigenvalue weighted by Gasteiger charge is -2.32. The SMILES string of the molecule is Cc1nccc(-c2cccc(NC(=O)NCCCN3CCCC(Cc4ccc(F)cc4)C3)c2)n1. The lowest BCUT2D eigenvalue weighted by Crippen LogP contribution is -2.38. The van der Waals surface area contributed by atoms with Crippen LogP contribution in [-0.2, 0) is 6.42 Å². The first-order valence-corrected chi connectivity index (χ1v) is 12.0. The molecule has 7 heteroatoms. The Kier molecular flexibility index (Phi) is 8.20. The average molecular weight is 462 g/mol. The van der Waals surface area contributed by atoms with Crippen LogP contribution in [0, 0.1) is 18.7 Å². The van der Waals surface area contributed by atoms with Gasteiger partial charge in [-0.25, -0.2) is 19.2 Å². The van der Waals surface area contributed by atoms with E-state index in [4.69, 9.17) is 0 Å². The van der Waals surface area contributed by atoms with Gasteiger partial charge in [0, 0.05) is 30.5 Å². The van der Waals surface area contributed by atoms with Crippen molar-refractivity contribution in [2.45, 2.75) is 32.6 Å². The van der Waals surface area contributed by atoms with Crippen molar-refractivity contribution in [3.05, 3.63) is 78.0 Å². The van der Waals surface area contributed by atoms with Gasteiger partial charge in [0.05, 0.1) is 5.69 Å². The molecule has 2 heterocycles. The normalized spacial score (nSPS) is 16.2. The van der Waals surface area contributed by atoms with Crippen LogP contribution in [0.2, 0.25) is 0 Å². The van der Waals surface area contributed by atoms with Gasteiger partial charge in [0.15, 0.2) is 0 Å². The fraction of sp³-hybridized carbons (Fsp3) is 0.370. The third-order valence-corrected chi connectivity index (χ3v) is 6.17. The molecule has 4 rings (SSSR count). The number of carbonyl (C=O) groups excluding carboxylic acids is 1. The number of benzene rings is 2. The van der Waals surface area contributed by atoms with Crippen LogP contribution in [0.5, 0.6) is 0 Å². The predicted octanol–water partition coefficient (Wildman–Crippen LogP) is 5.06. The summed E-state index contributed by atoms with van der Waals surface area (Å²) in [5, 5.41) is 5.87. The van der Waals surface area contributed by atoms with Crippen molar-refractivity contribution < 1.29 is 9.18 Å². The Hall–Kier alpha value is -3.32. The highest BCUT2D eigenvalue weighted by atomic mass is 19.1. The number of nitrogens with zero attached hydrogens (tertiary/aromatic N) is 3. The summed E-state index contributed by atoms with van der Waals surface area (Å²) in [6, 6.07) is 16.2. The number of urea groups is 1. The number of likely N-dealkylation sites (tertiary alicyclic amines) is 1. The number of amides is 2. The zero-order chi connectivity index (χ0) is 23.8. The lowest BCUT2D eigenvalue weighted by molar-refractivity contribution is 0.172. The molecular weight excluding hydrogens is 429 g/mol. The Morgan fingerprint density at radius 2 is 2.03 bits per heavy atom. The summed E-state index contributed by atoms with van der Waals surface area (Å²) < 4.78 is 13.1. The van der Waals surface area contributed by atoms with Crippen LogP contribution in [0.3, 0.4) is 0 Å². The number of piperidine rings is 1. The number of hydrogen-bond acceptors (Lipinski definition) is 4. The van der Waals surface area contributed by atoms with E-state index in [9.17, 15) is 9.18 Å². The van der Waals surface area contributed by atoms with Crippen molar-refractivity contribution >= 4 is 11.7 Å². The fourth-order valence-corrected chi connectivity index (χ4v) is 4.53. The van der Waals surface area contributed by atoms with Crippen molar-refractivity contribution in [2.75, 3.05) is 31.5 Å². The number of anilines is 1. The fourth-order valence-electron chi connectivity index (χ4n) is 4.53. The number of hydrogen-bond donors (Lipinski definition) is 2. The van der Waals surface area contributed by atoms with Crippen molar-refractivity contribution in [1.29, 1.82) is 0 Å². The smallest absolute Gasteiger partial charge is 0.319 e. The first kappa shape index (κ1) is 23.8. The van der Waals surface area contributed by atoms with Crippen molar-refractivity contribution in [3.8, 4) is 11.3 Å². The van der Waals surface area contributed by atoms with E-state index in [-0.39, 0.29) is 11.8 Å². The Labute approximate surface area is 200 Å². The van der Waals surface area contributed by atoms with Gasteiger partial charge >= 0.3 is 6.03 Å². The Balaban J connectivity index is 1.18. The highest BCUT2D eigenvalue weighted by molar-refractivity contribution is 5.90. The molecule has 1 atom stereocenters. The van der Waals surface area contributed by atoms with Crippen LogP contribution in [0.25, 0.3) is 11.3 Å². The molecule has 2 N–H and O–H groups in total. The van der Waals surface area contributed by atoms with Crippen molar-refractivity contribution in [2.24, 2.45) is 5.92 Å². The molecule has 0 bridgehead atoms. The molecule has 1 aliphatic heterocycles. The van der Waals surface area contributed by atoms with E-state index >= 15 is 0 Å². The second-order valence-corrected chi connectivity index (χ2v) is 8.94. The van der Waals surface area contributed by atoms with Gasteiger partial charge in [-0.1, -0.05) is 24.3 Å². The summed E-state index contributed by atoms with van der Waals surface area (Å²) in [5.74, 6) is 1.13. The number of rotatable bonds is 8. The maximum atomic E-state index is 13.1. The predicted molar refractivity (Wildman–Crippen MR) is 133 cm³/mol. The summed E-state index contributed by atoms with van der Waals surface area (Å²) in [6.07, 6.45) is 6.02. The third-order valence-electron chi connectivity index (χ3n) is 6.17. The first-order chi connectivity index (χ1) is 16.5. The molecule has 34 heavy (non-hydrogen) atoms. The lowest BCUT2D eigenvalue weighted by atomic mass is 9.91. The molecule has 1 fully saturated rings. The second kappa shape index (κ2) is 11.7. The van der Waals surface area contributed by atoms with E-state index < -0.39 is 0 Å². The van der Waals surface area contributed by atoms with E-state index in [0.717, 1.165) is 49.4 Å². The molecule has 1 unspecified atom stereocenters. The molecule has 1 aliphatic rings. The molecule has 2 amide bonds. The maximum absolute atomic E-state index is 13.1. The molecule has 0 spiro atoms. The molecular formula is C27H32FN5O. The van der Waals surface area contributed by atoms with Crippen LogP contribution in [0.15, 0.2) is 60.8 Å². The van der Waals surface area contributed by atoms with Gasteiger partial charge in [-0.05, 0) is 87.5 Å². The second-order valence-electron chi connectivity index (χ2n) is 8.94. The Morgan fingerprint density at radius 3 is 2.85 bits per heavy atom. The van der Waals surface area contributed by atoms with Gasteiger partial charge in [-0.2, -0.15) is 0 Å². The van der Waals surface area contributed by atoms with Gasteiger partial charge in [-0.15, -0.1) is 0 Å². The first-order valence-electron chi connectivity index (χ1n) is 12.0. The molecule has 0 aliphatic carbocycles. The Bertz CT molecular complexity index is 1090. The number of halogens is 1. The van der Waals surface area contributed by atoms with Gasteiger partial charge in [0.2, 0.25) is 0 Å². The summed E-state index contributed by atoms with van der Waals surface area (Å²) in [7, 11) is 0. The minimum absolute atomic E-state index is 0.181. The van der Waals surface area contributed by atoms with Crippen LogP contribution in [0.4, 0.5) is 14.9 Å². The molecule has 0 saturated carbocycles. The van der Waals surface area contributed by atoms with E-state index in [1.807, 2.05) is 49.4 Å². The molecule has 2 aromatic carbocycles. The summed E-state index contributed by atoms with van der Waals surface area (Å²) in [5.41, 5.74) is 3.69. The number of carbonyl (C=O) groups is 1. The standard InChI is InChI=1S/C27H32FN5O/c1-20-29-14-12-26(31-20)23-6-2-7-25(18-23)32-27(34)30-13-4-16-33-15-3-5-22(19-33)17-21-8-10-24(28)11-9-21/h2,6-12,14,18,22H,3-5,13,15-17,19H2,1H3,(H2,30,32,34). The van der Waals surface area contributed by atoms with E-state index in [0.29, 0.717) is 18.3 Å². The van der Waals surface area contributed by atoms with Gasteiger partial charge < -0.3 is 15.5 Å². The van der Waals surface area contributed by atoms with Gasteiger partial charge in [0.1, 0.15) is 11.6 Å². The van der Waals surface area contributed by atoms with Crippen LogP contribution in [-0.4, -0.2) is 47.1 Å². The Morgan fingerprint density at radius 1 is 1.18 bits per heavy atom. The highest BCUT2D eigenvalue weighted by Gasteiger charge is 2.20. The minimum atomic E-state index is -0.205. The monoisotopic (exact) mass is 461 g/mol. The largest absolute Gasteiger partial charge is 0.338 e. The quantitative estimate of drug-likeness (QED) is 0.460. The highest BCUT2D eigenvalue weighted by Crippen LogP contribution is 2.22. The average Bonchev–Trinajstić information content (AvgIpc) is 2.84. The minimum Gasteiger partial charge on any atom is -0.338 e. The van der Waals surface area contributed by atoms with Crippen LogP contribution < -0.4 is 10.6 Å². The zero-order valence-electron chi connectivity index (χ0n) is 19.6. The molecule has 6 nitrogen and oxygen atoms in total. The van der Waals surface area contributed by atoms with Gasteiger partial charge in [-0.3, -0.25) is 0 Å². The van der Waals surface area contributed by atoms with E-state index in [1.165, 1.54) is 18.4 Å². The molecule has 0 radical (unpaired) electrons.